The summed E-state index contributed by atoms with van der Waals surface area (Å²) in [7, 11) is 0. The van der Waals surface area contributed by atoms with Crippen LogP contribution in [-0.2, 0) is 5.75 Å². The van der Waals surface area contributed by atoms with E-state index in [4.69, 9.17) is 5.11 Å². The summed E-state index contributed by atoms with van der Waals surface area (Å²) in [4.78, 5) is 8.92. The second-order valence-corrected chi connectivity index (χ2v) is 6.11. The predicted octanol–water partition coefficient (Wildman–Crippen LogP) is 2.52. The Balaban J connectivity index is 1.78. The van der Waals surface area contributed by atoms with Gasteiger partial charge in [-0.3, -0.25) is 0 Å². The number of hydrogen-bond donors (Lipinski definition) is 2. The molecule has 2 heterocycles. The predicted molar refractivity (Wildman–Crippen MR) is 91.7 cm³/mol. The van der Waals surface area contributed by atoms with Crippen LogP contribution in [-0.4, -0.2) is 37.8 Å². The topological polar surface area (TPSA) is 75.3 Å². The van der Waals surface area contributed by atoms with E-state index in [0.29, 0.717) is 23.9 Å². The number of aliphatic hydroxyl groups excluding tert-OH is 1. The molecule has 0 spiro atoms. The first-order chi connectivity index (χ1) is 11.3. The number of rotatable bonds is 7. The number of thioether (sulfide) groups is 1. The molecule has 0 bridgehead atoms. The van der Waals surface area contributed by atoms with E-state index in [0.717, 1.165) is 17.3 Å². The molecule has 0 atom stereocenters. The lowest BCUT2D eigenvalue weighted by Gasteiger charge is -2.07. The molecule has 0 unspecified atom stereocenters. The average molecular weight is 329 g/mol. The highest BCUT2D eigenvalue weighted by Gasteiger charge is 2.10. The maximum Gasteiger partial charge on any atom is 0.255 e. The van der Waals surface area contributed by atoms with Crippen molar-refractivity contribution in [2.45, 2.75) is 24.3 Å². The van der Waals surface area contributed by atoms with Crippen LogP contribution in [0.1, 0.15) is 17.7 Å². The van der Waals surface area contributed by atoms with E-state index in [2.05, 4.69) is 32.5 Å². The van der Waals surface area contributed by atoms with Gasteiger partial charge >= 0.3 is 0 Å². The molecule has 0 fully saturated rings. The Kier molecular flexibility index (Phi) is 5.09. The van der Waals surface area contributed by atoms with Gasteiger partial charge in [-0.1, -0.05) is 42.1 Å². The van der Waals surface area contributed by atoms with Gasteiger partial charge in [0, 0.05) is 30.7 Å². The van der Waals surface area contributed by atoms with Gasteiger partial charge in [0.1, 0.15) is 5.82 Å². The van der Waals surface area contributed by atoms with Crippen molar-refractivity contribution in [3.63, 3.8) is 0 Å². The highest BCUT2D eigenvalue weighted by molar-refractivity contribution is 7.98. The second-order valence-electron chi connectivity index (χ2n) is 5.17. The number of hydrogen-bond acceptors (Lipinski definition) is 6. The quantitative estimate of drug-likeness (QED) is 0.512. The summed E-state index contributed by atoms with van der Waals surface area (Å²) in [6, 6.07) is 12.2. The van der Waals surface area contributed by atoms with Gasteiger partial charge in [-0.2, -0.15) is 9.50 Å². The summed E-state index contributed by atoms with van der Waals surface area (Å²) in [6.45, 7) is 2.78. The number of anilines is 1. The third kappa shape index (κ3) is 4.00. The minimum Gasteiger partial charge on any atom is -0.396 e. The molecule has 0 aliphatic carbocycles. The van der Waals surface area contributed by atoms with Crippen molar-refractivity contribution in [3.05, 3.63) is 47.7 Å². The second kappa shape index (κ2) is 7.43. The van der Waals surface area contributed by atoms with Crippen LogP contribution in [0.3, 0.4) is 0 Å². The number of aliphatic hydroxyl groups is 1. The summed E-state index contributed by atoms with van der Waals surface area (Å²) in [5.41, 5.74) is 2.12. The van der Waals surface area contributed by atoms with E-state index in [1.54, 1.807) is 16.3 Å². The Bertz CT molecular complexity index is 775. The zero-order chi connectivity index (χ0) is 16.1. The lowest BCUT2D eigenvalue weighted by Crippen LogP contribution is -2.09. The molecular weight excluding hydrogens is 310 g/mol. The first-order valence-corrected chi connectivity index (χ1v) is 8.51. The standard InChI is InChI=1S/C16H19N5OS/c1-12-10-14(17-8-5-9-22)21-15(18-12)19-16(20-21)23-11-13-6-3-2-4-7-13/h2-4,6-7,10,17,22H,5,8-9,11H2,1H3. The fourth-order valence-corrected chi connectivity index (χ4v) is 2.95. The minimum atomic E-state index is 0.162. The van der Waals surface area contributed by atoms with E-state index < -0.39 is 0 Å². The van der Waals surface area contributed by atoms with E-state index in [-0.39, 0.29) is 6.61 Å². The summed E-state index contributed by atoms with van der Waals surface area (Å²) < 4.78 is 1.72. The van der Waals surface area contributed by atoms with Crippen LogP contribution in [0.5, 0.6) is 0 Å². The van der Waals surface area contributed by atoms with Crippen LogP contribution in [0.2, 0.25) is 0 Å². The van der Waals surface area contributed by atoms with Crippen LogP contribution in [0.15, 0.2) is 41.6 Å². The minimum absolute atomic E-state index is 0.162. The summed E-state index contributed by atoms with van der Waals surface area (Å²) in [6.07, 6.45) is 0.688. The van der Waals surface area contributed by atoms with Crippen molar-refractivity contribution in [3.8, 4) is 0 Å². The Morgan fingerprint density at radius 3 is 2.83 bits per heavy atom. The van der Waals surface area contributed by atoms with Gasteiger partial charge in [0.2, 0.25) is 5.16 Å². The largest absolute Gasteiger partial charge is 0.396 e. The molecule has 2 aromatic heterocycles. The Morgan fingerprint density at radius 2 is 2.04 bits per heavy atom. The van der Waals surface area contributed by atoms with Crippen LogP contribution in [0, 0.1) is 6.92 Å². The molecule has 0 saturated carbocycles. The molecule has 1 aromatic carbocycles. The average Bonchev–Trinajstić information content (AvgIpc) is 2.97. The van der Waals surface area contributed by atoms with Crippen molar-refractivity contribution in [2.24, 2.45) is 0 Å². The maximum absolute atomic E-state index is 8.90. The monoisotopic (exact) mass is 329 g/mol. The van der Waals surface area contributed by atoms with Crippen molar-refractivity contribution < 1.29 is 5.11 Å². The lowest BCUT2D eigenvalue weighted by molar-refractivity contribution is 0.292. The lowest BCUT2D eigenvalue weighted by atomic mass is 10.2. The number of nitrogens with zero attached hydrogens (tertiary/aromatic N) is 4. The smallest absolute Gasteiger partial charge is 0.255 e. The van der Waals surface area contributed by atoms with Gasteiger partial charge in [-0.15, -0.1) is 5.10 Å². The van der Waals surface area contributed by atoms with Crippen LogP contribution in [0.4, 0.5) is 5.82 Å². The summed E-state index contributed by atoms with van der Waals surface area (Å²) in [5, 5.41) is 17.4. The third-order valence-electron chi connectivity index (χ3n) is 3.27. The first kappa shape index (κ1) is 15.8. The summed E-state index contributed by atoms with van der Waals surface area (Å²) in [5.74, 6) is 2.26. The van der Waals surface area contributed by atoms with E-state index in [9.17, 15) is 0 Å². The van der Waals surface area contributed by atoms with Gasteiger partial charge < -0.3 is 10.4 Å². The number of benzene rings is 1. The molecule has 0 amide bonds. The van der Waals surface area contributed by atoms with Crippen molar-refractivity contribution >= 4 is 23.4 Å². The number of nitrogens with one attached hydrogen (secondary N) is 1. The van der Waals surface area contributed by atoms with Gasteiger partial charge in [0.25, 0.3) is 5.78 Å². The highest BCUT2D eigenvalue weighted by Crippen LogP contribution is 2.21. The van der Waals surface area contributed by atoms with E-state index in [1.807, 2.05) is 31.2 Å². The fraction of sp³-hybridized carbons (Fsp3) is 0.312. The fourth-order valence-electron chi connectivity index (χ4n) is 2.17. The Labute approximate surface area is 139 Å². The van der Waals surface area contributed by atoms with Gasteiger partial charge in [-0.05, 0) is 18.9 Å². The Morgan fingerprint density at radius 1 is 1.22 bits per heavy atom. The molecule has 6 nitrogen and oxygen atoms in total. The normalized spacial score (nSPS) is 11.0. The van der Waals surface area contributed by atoms with Gasteiger partial charge in [0.15, 0.2) is 0 Å². The Hall–Kier alpha value is -2.12. The molecule has 7 heteroatoms. The zero-order valence-corrected chi connectivity index (χ0v) is 13.8. The van der Waals surface area contributed by atoms with Crippen molar-refractivity contribution in [2.75, 3.05) is 18.5 Å². The molecule has 3 aromatic rings. The van der Waals surface area contributed by atoms with Gasteiger partial charge in [-0.25, -0.2) is 4.98 Å². The molecule has 0 aliphatic rings. The molecule has 23 heavy (non-hydrogen) atoms. The highest BCUT2D eigenvalue weighted by atomic mass is 32.2. The molecule has 120 valence electrons. The third-order valence-corrected chi connectivity index (χ3v) is 4.18. The maximum atomic E-state index is 8.90. The number of aryl methyl sites for hydroxylation is 1. The van der Waals surface area contributed by atoms with E-state index in [1.165, 1.54) is 5.56 Å². The van der Waals surface area contributed by atoms with Crippen LogP contribution in [0.25, 0.3) is 5.78 Å². The SMILES string of the molecule is Cc1cc(NCCCO)n2nc(SCc3ccccc3)nc2n1. The van der Waals surface area contributed by atoms with Crippen molar-refractivity contribution in [1.29, 1.82) is 0 Å². The molecule has 0 saturated heterocycles. The number of fused-ring (bicyclic) bond motifs is 1. The number of aromatic nitrogens is 4. The van der Waals surface area contributed by atoms with E-state index >= 15 is 0 Å². The molecular formula is C16H19N5OS. The molecule has 2 N–H and O–H groups in total. The zero-order valence-electron chi connectivity index (χ0n) is 12.9. The summed E-state index contributed by atoms with van der Waals surface area (Å²) >= 11 is 1.59. The van der Waals surface area contributed by atoms with Gasteiger partial charge in [0.05, 0.1) is 0 Å². The van der Waals surface area contributed by atoms with Crippen LogP contribution < -0.4 is 5.32 Å². The first-order valence-electron chi connectivity index (χ1n) is 7.52. The molecule has 0 radical (unpaired) electrons. The van der Waals surface area contributed by atoms with Crippen molar-refractivity contribution in [1.82, 2.24) is 19.6 Å². The van der Waals surface area contributed by atoms with Crippen LogP contribution >= 0.6 is 11.8 Å². The molecule has 3 rings (SSSR count). The molecule has 0 aliphatic heterocycles.